The van der Waals surface area contributed by atoms with Gasteiger partial charge in [0.1, 0.15) is 5.69 Å². The van der Waals surface area contributed by atoms with Crippen molar-refractivity contribution in [3.8, 4) is 11.4 Å². The molecule has 2 N–H and O–H groups in total. The quantitative estimate of drug-likeness (QED) is 0.724. The van der Waals surface area contributed by atoms with Crippen LogP contribution in [-0.4, -0.2) is 37.0 Å². The SMILES string of the molecule is O=C(Nc1cccnc1)c1ncn2c1-c1nc(NCC3CC3)ncc1CC2. The molecule has 0 spiro atoms. The van der Waals surface area contributed by atoms with Crippen LogP contribution in [0.4, 0.5) is 11.6 Å². The third-order valence-corrected chi connectivity index (χ3v) is 4.93. The van der Waals surface area contributed by atoms with Gasteiger partial charge in [-0.15, -0.1) is 0 Å². The predicted molar refractivity (Wildman–Crippen MR) is 100 cm³/mol. The van der Waals surface area contributed by atoms with Gasteiger partial charge in [-0.2, -0.15) is 0 Å². The van der Waals surface area contributed by atoms with Gasteiger partial charge in [0, 0.05) is 31.0 Å². The Hall–Kier alpha value is -3.29. The van der Waals surface area contributed by atoms with Crippen molar-refractivity contribution in [2.75, 3.05) is 17.2 Å². The molecule has 1 aliphatic carbocycles. The zero-order valence-electron chi connectivity index (χ0n) is 14.7. The molecule has 1 fully saturated rings. The van der Waals surface area contributed by atoms with Crippen molar-refractivity contribution in [2.45, 2.75) is 25.8 Å². The number of hydrogen-bond donors (Lipinski definition) is 2. The Balaban J connectivity index is 1.47. The summed E-state index contributed by atoms with van der Waals surface area (Å²) in [4.78, 5) is 30.3. The zero-order valence-corrected chi connectivity index (χ0v) is 14.7. The van der Waals surface area contributed by atoms with Crippen LogP contribution in [0.1, 0.15) is 28.9 Å². The summed E-state index contributed by atoms with van der Waals surface area (Å²) in [6.45, 7) is 1.65. The number of carbonyl (C=O) groups is 1. The Morgan fingerprint density at radius 1 is 1.26 bits per heavy atom. The fraction of sp³-hybridized carbons (Fsp3) is 0.316. The Labute approximate surface area is 156 Å². The third kappa shape index (κ3) is 3.14. The highest BCUT2D eigenvalue weighted by Crippen LogP contribution is 2.32. The molecule has 0 saturated heterocycles. The molecule has 3 aromatic rings. The summed E-state index contributed by atoms with van der Waals surface area (Å²) in [6.07, 6.45) is 10.2. The van der Waals surface area contributed by atoms with Gasteiger partial charge < -0.3 is 15.2 Å². The molecule has 0 radical (unpaired) electrons. The highest BCUT2D eigenvalue weighted by atomic mass is 16.1. The molecule has 0 unspecified atom stereocenters. The van der Waals surface area contributed by atoms with Crippen LogP contribution in [0.3, 0.4) is 0 Å². The number of amides is 1. The minimum Gasteiger partial charge on any atom is -0.354 e. The van der Waals surface area contributed by atoms with E-state index in [0.29, 0.717) is 17.3 Å². The van der Waals surface area contributed by atoms with Crippen molar-refractivity contribution in [3.05, 3.63) is 48.3 Å². The number of pyridine rings is 1. The number of nitrogens with zero attached hydrogens (tertiary/aromatic N) is 5. The van der Waals surface area contributed by atoms with Gasteiger partial charge in [0.05, 0.1) is 23.9 Å². The van der Waals surface area contributed by atoms with Gasteiger partial charge in [-0.1, -0.05) is 0 Å². The lowest BCUT2D eigenvalue weighted by Gasteiger charge is -2.19. The van der Waals surface area contributed by atoms with Crippen molar-refractivity contribution in [1.29, 1.82) is 0 Å². The Morgan fingerprint density at radius 2 is 2.19 bits per heavy atom. The Bertz CT molecular complexity index is 995. The van der Waals surface area contributed by atoms with Gasteiger partial charge >= 0.3 is 0 Å². The molecular formula is C19H19N7O. The molecule has 0 aromatic carbocycles. The van der Waals surface area contributed by atoms with E-state index in [1.807, 2.05) is 10.8 Å². The van der Waals surface area contributed by atoms with E-state index in [2.05, 4.69) is 25.6 Å². The largest absolute Gasteiger partial charge is 0.354 e. The molecule has 1 saturated carbocycles. The molecule has 8 heteroatoms. The minimum absolute atomic E-state index is 0.268. The zero-order chi connectivity index (χ0) is 18.2. The Kier molecular flexibility index (Phi) is 3.81. The first-order valence-electron chi connectivity index (χ1n) is 9.14. The van der Waals surface area contributed by atoms with E-state index in [1.54, 1.807) is 30.9 Å². The lowest BCUT2D eigenvalue weighted by molar-refractivity contribution is 0.102. The summed E-state index contributed by atoms with van der Waals surface area (Å²) in [7, 11) is 0. The Morgan fingerprint density at radius 3 is 3.00 bits per heavy atom. The van der Waals surface area contributed by atoms with Crippen molar-refractivity contribution < 1.29 is 4.79 Å². The summed E-state index contributed by atoms with van der Waals surface area (Å²) in [5, 5.41) is 6.16. The normalized spacial score (nSPS) is 15.0. The summed E-state index contributed by atoms with van der Waals surface area (Å²) in [5.74, 6) is 1.07. The molecule has 136 valence electrons. The van der Waals surface area contributed by atoms with Crippen LogP contribution in [0.2, 0.25) is 0 Å². The smallest absolute Gasteiger partial charge is 0.276 e. The molecule has 3 aromatic heterocycles. The van der Waals surface area contributed by atoms with Gasteiger partial charge in [-0.3, -0.25) is 9.78 Å². The topological polar surface area (TPSA) is 97.6 Å². The van der Waals surface area contributed by atoms with Gasteiger partial charge in [-0.25, -0.2) is 15.0 Å². The molecular weight excluding hydrogens is 342 g/mol. The third-order valence-electron chi connectivity index (χ3n) is 4.93. The van der Waals surface area contributed by atoms with Crippen molar-refractivity contribution in [3.63, 3.8) is 0 Å². The number of nitrogens with one attached hydrogen (secondary N) is 2. The maximum atomic E-state index is 12.8. The first kappa shape index (κ1) is 15.9. The lowest BCUT2D eigenvalue weighted by Crippen LogP contribution is -2.18. The van der Waals surface area contributed by atoms with Crippen LogP contribution in [0.5, 0.6) is 0 Å². The van der Waals surface area contributed by atoms with Crippen LogP contribution in [-0.2, 0) is 13.0 Å². The number of anilines is 2. The van der Waals surface area contributed by atoms with Crippen LogP contribution in [0, 0.1) is 5.92 Å². The second-order valence-electron chi connectivity index (χ2n) is 6.97. The fourth-order valence-electron chi connectivity index (χ4n) is 3.27. The number of aryl methyl sites for hydroxylation is 2. The van der Waals surface area contributed by atoms with E-state index in [4.69, 9.17) is 4.98 Å². The molecule has 1 amide bonds. The van der Waals surface area contributed by atoms with Gasteiger partial charge in [0.2, 0.25) is 5.95 Å². The molecule has 0 atom stereocenters. The van der Waals surface area contributed by atoms with Gasteiger partial charge in [-0.05, 0) is 37.3 Å². The molecule has 4 heterocycles. The number of imidazole rings is 1. The molecule has 27 heavy (non-hydrogen) atoms. The highest BCUT2D eigenvalue weighted by molar-refractivity contribution is 6.06. The summed E-state index contributed by atoms with van der Waals surface area (Å²) in [6, 6.07) is 3.57. The predicted octanol–water partition coefficient (Wildman–Crippen LogP) is 2.37. The van der Waals surface area contributed by atoms with Gasteiger partial charge in [0.15, 0.2) is 5.69 Å². The van der Waals surface area contributed by atoms with E-state index in [1.165, 1.54) is 12.8 Å². The summed E-state index contributed by atoms with van der Waals surface area (Å²) in [5.41, 5.74) is 3.56. The van der Waals surface area contributed by atoms with E-state index < -0.39 is 0 Å². The van der Waals surface area contributed by atoms with Crippen LogP contribution < -0.4 is 10.6 Å². The number of carbonyl (C=O) groups excluding carboxylic acids is 1. The minimum atomic E-state index is -0.268. The number of rotatable bonds is 5. The van der Waals surface area contributed by atoms with Gasteiger partial charge in [0.25, 0.3) is 5.91 Å². The average molecular weight is 361 g/mol. The highest BCUT2D eigenvalue weighted by Gasteiger charge is 2.27. The summed E-state index contributed by atoms with van der Waals surface area (Å²) >= 11 is 0. The first-order chi connectivity index (χ1) is 13.3. The molecule has 1 aliphatic heterocycles. The van der Waals surface area contributed by atoms with E-state index >= 15 is 0 Å². The van der Waals surface area contributed by atoms with Crippen LogP contribution >= 0.6 is 0 Å². The molecule has 2 aliphatic rings. The van der Waals surface area contributed by atoms with E-state index in [9.17, 15) is 4.79 Å². The van der Waals surface area contributed by atoms with Crippen LogP contribution in [0.25, 0.3) is 11.4 Å². The van der Waals surface area contributed by atoms with Crippen molar-refractivity contribution in [2.24, 2.45) is 5.92 Å². The second-order valence-corrected chi connectivity index (χ2v) is 6.97. The molecule has 5 rings (SSSR count). The number of fused-ring (bicyclic) bond motifs is 3. The maximum absolute atomic E-state index is 12.8. The molecule has 0 bridgehead atoms. The van der Waals surface area contributed by atoms with Crippen LogP contribution in [0.15, 0.2) is 37.1 Å². The number of aromatic nitrogens is 5. The number of hydrogen-bond acceptors (Lipinski definition) is 6. The van der Waals surface area contributed by atoms with Crippen molar-refractivity contribution >= 4 is 17.5 Å². The monoisotopic (exact) mass is 361 g/mol. The first-order valence-corrected chi connectivity index (χ1v) is 9.14. The maximum Gasteiger partial charge on any atom is 0.276 e. The summed E-state index contributed by atoms with van der Waals surface area (Å²) < 4.78 is 1.98. The second kappa shape index (κ2) is 6.46. The lowest BCUT2D eigenvalue weighted by atomic mass is 10.0. The molecule has 8 nitrogen and oxygen atoms in total. The standard InChI is InChI=1S/C19H19N7O/c27-18(24-14-2-1-6-20-10-14)16-17-15-13(5-7-26(17)11-23-16)9-22-19(25-15)21-8-12-3-4-12/h1-2,6,9-12H,3-5,7-8H2,(H,24,27)(H,21,22,25). The van der Waals surface area contributed by atoms with E-state index in [0.717, 1.165) is 42.4 Å². The van der Waals surface area contributed by atoms with E-state index in [-0.39, 0.29) is 5.91 Å². The fourth-order valence-corrected chi connectivity index (χ4v) is 3.27. The average Bonchev–Trinajstić information content (AvgIpc) is 3.43. The van der Waals surface area contributed by atoms with Crippen molar-refractivity contribution in [1.82, 2.24) is 24.5 Å².